The first kappa shape index (κ1) is 22.4. The van der Waals surface area contributed by atoms with Crippen molar-refractivity contribution in [3.63, 3.8) is 0 Å². The number of hydrogen-bond donors (Lipinski definition) is 4. The summed E-state index contributed by atoms with van der Waals surface area (Å²) in [6.45, 7) is 3.34. The van der Waals surface area contributed by atoms with Crippen LogP contribution in [0.4, 0.5) is 24.7 Å². The fourth-order valence-electron chi connectivity index (χ4n) is 3.32. The zero-order chi connectivity index (χ0) is 21.9. The van der Waals surface area contributed by atoms with Crippen molar-refractivity contribution in [3.8, 4) is 11.3 Å². The lowest BCUT2D eigenvalue weighted by Crippen LogP contribution is -2.49. The van der Waals surface area contributed by atoms with Crippen LogP contribution in [0.3, 0.4) is 0 Å². The summed E-state index contributed by atoms with van der Waals surface area (Å²) >= 11 is -2.55. The van der Waals surface area contributed by atoms with Crippen LogP contribution in [0.5, 0.6) is 0 Å². The van der Waals surface area contributed by atoms with Gasteiger partial charge in [0.25, 0.3) is 11.3 Å². The Morgan fingerprint density at radius 3 is 2.70 bits per heavy atom. The van der Waals surface area contributed by atoms with Gasteiger partial charge in [0.05, 0.1) is 29.1 Å². The molecule has 1 aliphatic heterocycles. The molecule has 0 saturated carbocycles. The number of nitrogens with one attached hydrogen (secondary N) is 3. The standard InChI is InChI=1S/C18H22F3N5O3S/c1-10-7-13(24-25-17(10)23-15-9-22-6-5-16(15)29-2)12-4-3-11(18(19,20)21)8-14(12)26-30(27)28/h3-4,7-8,15-16,22,26H,5-6,9H2,1-2H3,(H,23,25)(H,27,28)/t15-,16+/m0/s1. The molecule has 164 valence electrons. The van der Waals surface area contributed by atoms with Crippen LogP contribution in [0.15, 0.2) is 24.3 Å². The molecule has 2 heterocycles. The average molecular weight is 445 g/mol. The van der Waals surface area contributed by atoms with E-state index in [0.29, 0.717) is 12.4 Å². The van der Waals surface area contributed by atoms with Gasteiger partial charge in [-0.05, 0) is 43.7 Å². The second-order valence-electron chi connectivity index (χ2n) is 6.89. The Hall–Kier alpha value is -2.28. The van der Waals surface area contributed by atoms with E-state index in [4.69, 9.17) is 9.29 Å². The minimum atomic E-state index is -4.59. The molecule has 3 atom stereocenters. The molecule has 1 unspecified atom stereocenters. The topological polar surface area (TPSA) is 108 Å². The minimum absolute atomic E-state index is 0.0114. The predicted octanol–water partition coefficient (Wildman–Crippen LogP) is 2.81. The molecule has 0 aliphatic carbocycles. The highest BCUT2D eigenvalue weighted by Gasteiger charge is 2.31. The summed E-state index contributed by atoms with van der Waals surface area (Å²) in [7, 11) is 1.65. The predicted molar refractivity (Wildman–Crippen MR) is 107 cm³/mol. The fourth-order valence-corrected chi connectivity index (χ4v) is 3.68. The molecular formula is C18H22F3N5O3S. The lowest BCUT2D eigenvalue weighted by molar-refractivity contribution is -0.137. The van der Waals surface area contributed by atoms with Gasteiger partial charge in [0.2, 0.25) is 0 Å². The van der Waals surface area contributed by atoms with Gasteiger partial charge in [0, 0.05) is 19.2 Å². The molecule has 0 bridgehead atoms. The number of piperidine rings is 1. The first-order valence-corrected chi connectivity index (χ1v) is 10.2. The summed E-state index contributed by atoms with van der Waals surface area (Å²) in [6, 6.07) is 4.49. The number of nitrogens with zero attached hydrogens (tertiary/aromatic N) is 2. The maximum Gasteiger partial charge on any atom is 0.416 e. The Kier molecular flexibility index (Phi) is 6.91. The third-order valence-electron chi connectivity index (χ3n) is 4.85. The van der Waals surface area contributed by atoms with E-state index >= 15 is 0 Å². The van der Waals surface area contributed by atoms with Gasteiger partial charge in [-0.15, -0.1) is 10.2 Å². The molecule has 1 saturated heterocycles. The normalized spacial score (nSPS) is 20.6. The number of benzene rings is 1. The van der Waals surface area contributed by atoms with E-state index < -0.39 is 23.0 Å². The summed E-state index contributed by atoms with van der Waals surface area (Å²) in [6.07, 6.45) is -3.73. The number of aryl methyl sites for hydroxylation is 1. The molecule has 1 fully saturated rings. The highest BCUT2D eigenvalue weighted by Crippen LogP contribution is 2.36. The number of alkyl halides is 3. The van der Waals surface area contributed by atoms with E-state index in [9.17, 15) is 17.4 Å². The molecule has 2 aromatic rings. The summed E-state index contributed by atoms with van der Waals surface area (Å²) < 4.78 is 67.0. The van der Waals surface area contributed by atoms with Crippen LogP contribution in [0.2, 0.25) is 0 Å². The Morgan fingerprint density at radius 2 is 2.07 bits per heavy atom. The molecule has 3 rings (SSSR count). The van der Waals surface area contributed by atoms with Gasteiger partial charge in [-0.1, -0.05) is 6.07 Å². The van der Waals surface area contributed by atoms with Crippen molar-refractivity contribution >= 4 is 22.8 Å². The van der Waals surface area contributed by atoms with Gasteiger partial charge in [0.1, 0.15) is 0 Å². The van der Waals surface area contributed by atoms with Crippen LogP contribution in [0, 0.1) is 6.92 Å². The van der Waals surface area contributed by atoms with Crippen LogP contribution in [-0.2, 0) is 22.2 Å². The van der Waals surface area contributed by atoms with Crippen LogP contribution in [-0.4, -0.2) is 51.3 Å². The first-order valence-electron chi connectivity index (χ1n) is 9.12. The van der Waals surface area contributed by atoms with Crippen molar-refractivity contribution < 1.29 is 26.7 Å². The lowest BCUT2D eigenvalue weighted by Gasteiger charge is -2.32. The SMILES string of the molecule is CO[C@@H]1CCNC[C@@H]1Nc1nnc(-c2ccc(C(F)(F)F)cc2NS(=O)O)cc1C. The smallest absolute Gasteiger partial charge is 0.379 e. The molecule has 0 spiro atoms. The van der Waals surface area contributed by atoms with E-state index in [1.807, 2.05) is 0 Å². The molecular weight excluding hydrogens is 423 g/mol. The molecule has 0 amide bonds. The number of rotatable bonds is 6. The van der Waals surface area contributed by atoms with E-state index in [0.717, 1.165) is 30.7 Å². The van der Waals surface area contributed by atoms with E-state index in [1.165, 1.54) is 6.07 Å². The van der Waals surface area contributed by atoms with Crippen molar-refractivity contribution in [2.45, 2.75) is 31.7 Å². The second-order valence-corrected chi connectivity index (χ2v) is 7.59. The third kappa shape index (κ3) is 5.25. The quantitative estimate of drug-likeness (QED) is 0.507. The van der Waals surface area contributed by atoms with Gasteiger partial charge in [-0.25, -0.2) is 4.21 Å². The summed E-state index contributed by atoms with van der Waals surface area (Å²) in [5.41, 5.74) is 0.0939. The van der Waals surface area contributed by atoms with Crippen molar-refractivity contribution in [2.75, 3.05) is 30.2 Å². The molecule has 1 aromatic carbocycles. The van der Waals surface area contributed by atoms with Crippen molar-refractivity contribution in [1.82, 2.24) is 15.5 Å². The Bertz CT molecular complexity index is 928. The number of methoxy groups -OCH3 is 1. The fraction of sp³-hybridized carbons (Fsp3) is 0.444. The summed E-state index contributed by atoms with van der Waals surface area (Å²) in [5.74, 6) is 0.529. The van der Waals surface area contributed by atoms with E-state index in [1.54, 1.807) is 20.1 Å². The summed E-state index contributed by atoms with van der Waals surface area (Å²) in [4.78, 5) is 0. The zero-order valence-electron chi connectivity index (χ0n) is 16.3. The summed E-state index contributed by atoms with van der Waals surface area (Å²) in [5, 5.41) is 14.9. The van der Waals surface area contributed by atoms with E-state index in [-0.39, 0.29) is 29.1 Å². The highest BCUT2D eigenvalue weighted by molar-refractivity contribution is 7.80. The second kappa shape index (κ2) is 9.25. The number of hydrogen-bond acceptors (Lipinski definition) is 6. The maximum absolute atomic E-state index is 13.0. The number of halogens is 3. The zero-order valence-corrected chi connectivity index (χ0v) is 17.1. The van der Waals surface area contributed by atoms with E-state index in [2.05, 4.69) is 25.6 Å². The molecule has 0 radical (unpaired) electrons. The molecule has 30 heavy (non-hydrogen) atoms. The Balaban J connectivity index is 1.91. The number of ether oxygens (including phenoxy) is 1. The molecule has 12 heteroatoms. The van der Waals surface area contributed by atoms with Crippen LogP contribution >= 0.6 is 0 Å². The van der Waals surface area contributed by atoms with Crippen molar-refractivity contribution in [1.29, 1.82) is 0 Å². The third-order valence-corrected chi connectivity index (χ3v) is 5.24. The van der Waals surface area contributed by atoms with Gasteiger partial charge in [0.15, 0.2) is 5.82 Å². The minimum Gasteiger partial charge on any atom is -0.379 e. The number of aromatic nitrogens is 2. The first-order chi connectivity index (χ1) is 14.2. The van der Waals surface area contributed by atoms with Gasteiger partial charge < -0.3 is 15.4 Å². The van der Waals surface area contributed by atoms with Gasteiger partial charge >= 0.3 is 6.18 Å². The maximum atomic E-state index is 13.0. The molecule has 4 N–H and O–H groups in total. The largest absolute Gasteiger partial charge is 0.416 e. The van der Waals surface area contributed by atoms with Crippen molar-refractivity contribution in [2.24, 2.45) is 0 Å². The highest BCUT2D eigenvalue weighted by atomic mass is 32.2. The Labute approximate surface area is 174 Å². The Morgan fingerprint density at radius 1 is 1.30 bits per heavy atom. The van der Waals surface area contributed by atoms with Crippen LogP contribution < -0.4 is 15.4 Å². The number of anilines is 2. The monoisotopic (exact) mass is 445 g/mol. The molecule has 8 nitrogen and oxygen atoms in total. The molecule has 1 aromatic heterocycles. The van der Waals surface area contributed by atoms with Crippen molar-refractivity contribution in [3.05, 3.63) is 35.4 Å². The van der Waals surface area contributed by atoms with Crippen LogP contribution in [0.25, 0.3) is 11.3 Å². The van der Waals surface area contributed by atoms with Gasteiger partial charge in [-0.2, -0.15) is 13.2 Å². The van der Waals surface area contributed by atoms with Crippen LogP contribution in [0.1, 0.15) is 17.5 Å². The average Bonchev–Trinajstić information content (AvgIpc) is 2.69. The molecule has 1 aliphatic rings. The van der Waals surface area contributed by atoms with Gasteiger partial charge in [-0.3, -0.25) is 9.27 Å². The lowest BCUT2D eigenvalue weighted by atomic mass is 10.0.